The number of likely N-dealkylation sites (tertiary alicyclic amines) is 1. The van der Waals surface area contributed by atoms with E-state index in [1.807, 2.05) is 30.1 Å². The van der Waals surface area contributed by atoms with Crippen LogP contribution in [0.15, 0.2) is 28.7 Å². The number of aryl methyl sites for hydroxylation is 1. The van der Waals surface area contributed by atoms with E-state index in [0.29, 0.717) is 12.5 Å². The highest BCUT2D eigenvalue weighted by atomic mass is 79.9. The van der Waals surface area contributed by atoms with Crippen molar-refractivity contribution in [3.63, 3.8) is 0 Å². The lowest BCUT2D eigenvalue weighted by molar-refractivity contribution is -0.132. The van der Waals surface area contributed by atoms with Crippen LogP contribution in [-0.2, 0) is 11.2 Å². The van der Waals surface area contributed by atoms with Gasteiger partial charge in [-0.05, 0) is 37.9 Å². The molecule has 0 aliphatic carbocycles. The third-order valence-corrected chi connectivity index (χ3v) is 4.60. The number of hydrogen-bond acceptors (Lipinski definition) is 2. The van der Waals surface area contributed by atoms with Gasteiger partial charge in [-0.3, -0.25) is 4.79 Å². The lowest BCUT2D eigenvalue weighted by atomic mass is 10.0. The molecule has 1 aliphatic heterocycles. The van der Waals surface area contributed by atoms with Crippen molar-refractivity contribution >= 4 is 21.8 Å². The molecule has 0 bridgehead atoms. The Bertz CT molecular complexity index is 428. The van der Waals surface area contributed by atoms with Crippen molar-refractivity contribution in [3.05, 3.63) is 34.3 Å². The lowest BCUT2D eigenvalue weighted by Crippen LogP contribution is -2.44. The quantitative estimate of drug-likeness (QED) is 0.923. The first-order valence-electron chi connectivity index (χ1n) is 6.89. The van der Waals surface area contributed by atoms with Crippen molar-refractivity contribution in [3.8, 4) is 0 Å². The summed E-state index contributed by atoms with van der Waals surface area (Å²) in [6.45, 7) is 1.78. The molecule has 19 heavy (non-hydrogen) atoms. The average Bonchev–Trinajstić information content (AvgIpc) is 2.46. The summed E-state index contributed by atoms with van der Waals surface area (Å²) in [4.78, 5) is 14.2. The predicted molar refractivity (Wildman–Crippen MR) is 81.1 cm³/mol. The summed E-state index contributed by atoms with van der Waals surface area (Å²) in [5.41, 5.74) is 1.21. The smallest absolute Gasteiger partial charge is 0.222 e. The van der Waals surface area contributed by atoms with E-state index in [2.05, 4.69) is 27.3 Å². The second-order valence-electron chi connectivity index (χ2n) is 5.04. The molecular weight excluding hydrogens is 304 g/mol. The number of hydrogen-bond donors (Lipinski definition) is 1. The maximum atomic E-state index is 12.2. The van der Waals surface area contributed by atoms with Gasteiger partial charge >= 0.3 is 0 Å². The number of halogens is 1. The van der Waals surface area contributed by atoms with Crippen LogP contribution >= 0.6 is 15.9 Å². The zero-order valence-corrected chi connectivity index (χ0v) is 12.9. The molecular formula is C15H21BrN2O. The van der Waals surface area contributed by atoms with Gasteiger partial charge in [0.05, 0.1) is 0 Å². The maximum absolute atomic E-state index is 12.2. The van der Waals surface area contributed by atoms with Gasteiger partial charge in [-0.15, -0.1) is 0 Å². The molecule has 0 unspecified atom stereocenters. The zero-order valence-electron chi connectivity index (χ0n) is 11.4. The molecule has 0 saturated carbocycles. The second kappa shape index (κ2) is 7.06. The molecule has 0 aromatic heterocycles. The fourth-order valence-corrected chi connectivity index (χ4v) is 3.00. The number of amides is 1. The molecule has 1 saturated heterocycles. The summed E-state index contributed by atoms with van der Waals surface area (Å²) in [6.07, 6.45) is 3.55. The molecule has 3 nitrogen and oxygen atoms in total. The minimum atomic E-state index is 0.283. The van der Waals surface area contributed by atoms with Crippen LogP contribution < -0.4 is 5.32 Å². The molecule has 1 fully saturated rings. The van der Waals surface area contributed by atoms with Crippen LogP contribution in [-0.4, -0.2) is 37.0 Å². The van der Waals surface area contributed by atoms with Gasteiger partial charge in [-0.1, -0.05) is 34.1 Å². The van der Waals surface area contributed by atoms with E-state index in [1.165, 1.54) is 5.56 Å². The summed E-state index contributed by atoms with van der Waals surface area (Å²) in [7, 11) is 2.00. The summed E-state index contributed by atoms with van der Waals surface area (Å²) >= 11 is 3.53. The number of carbonyl (C=O) groups is 1. The van der Waals surface area contributed by atoms with Crippen molar-refractivity contribution in [1.82, 2.24) is 10.2 Å². The molecule has 1 heterocycles. The van der Waals surface area contributed by atoms with Gasteiger partial charge in [0.25, 0.3) is 0 Å². The summed E-state index contributed by atoms with van der Waals surface area (Å²) < 4.78 is 1.09. The van der Waals surface area contributed by atoms with Gasteiger partial charge in [-0.25, -0.2) is 0 Å². The molecule has 4 heteroatoms. The van der Waals surface area contributed by atoms with Crippen LogP contribution in [0.1, 0.15) is 24.8 Å². The monoisotopic (exact) mass is 324 g/mol. The molecule has 2 rings (SSSR count). The van der Waals surface area contributed by atoms with Crippen molar-refractivity contribution in [2.45, 2.75) is 31.7 Å². The third-order valence-electron chi connectivity index (χ3n) is 3.82. The minimum Gasteiger partial charge on any atom is -0.343 e. The normalized spacial score (nSPS) is 16.6. The highest BCUT2D eigenvalue weighted by Gasteiger charge is 2.21. The van der Waals surface area contributed by atoms with Gasteiger partial charge in [0.15, 0.2) is 0 Å². The fraction of sp³-hybridized carbons (Fsp3) is 0.533. The van der Waals surface area contributed by atoms with E-state index in [9.17, 15) is 4.79 Å². The Morgan fingerprint density at radius 2 is 2.05 bits per heavy atom. The third kappa shape index (κ3) is 4.05. The Balaban J connectivity index is 1.81. The number of carbonyl (C=O) groups excluding carboxylic acids is 1. The van der Waals surface area contributed by atoms with Crippen molar-refractivity contribution in [2.75, 3.05) is 20.1 Å². The Morgan fingerprint density at radius 1 is 1.37 bits per heavy atom. The van der Waals surface area contributed by atoms with Crippen molar-refractivity contribution in [2.24, 2.45) is 0 Å². The predicted octanol–water partition coefficient (Wildman–Crippen LogP) is 2.59. The maximum Gasteiger partial charge on any atom is 0.222 e. The highest BCUT2D eigenvalue weighted by molar-refractivity contribution is 9.10. The van der Waals surface area contributed by atoms with E-state index < -0.39 is 0 Å². The first kappa shape index (κ1) is 14.5. The molecule has 0 radical (unpaired) electrons. The lowest BCUT2D eigenvalue weighted by Gasteiger charge is -2.31. The van der Waals surface area contributed by atoms with Crippen LogP contribution in [0, 0.1) is 0 Å². The largest absolute Gasteiger partial charge is 0.343 e. The minimum absolute atomic E-state index is 0.283. The van der Waals surface area contributed by atoms with E-state index in [4.69, 9.17) is 0 Å². The van der Waals surface area contributed by atoms with Crippen molar-refractivity contribution in [1.29, 1.82) is 0 Å². The first-order valence-corrected chi connectivity index (χ1v) is 7.68. The molecule has 1 aromatic rings. The van der Waals surface area contributed by atoms with E-state index >= 15 is 0 Å². The number of nitrogens with zero attached hydrogens (tertiary/aromatic N) is 1. The van der Waals surface area contributed by atoms with Crippen molar-refractivity contribution < 1.29 is 4.79 Å². The average molecular weight is 325 g/mol. The Labute approximate surface area is 123 Å². The van der Waals surface area contributed by atoms with Gasteiger partial charge in [-0.2, -0.15) is 0 Å². The zero-order chi connectivity index (χ0) is 13.7. The highest BCUT2D eigenvalue weighted by Crippen LogP contribution is 2.18. The first-order chi connectivity index (χ1) is 9.20. The van der Waals surface area contributed by atoms with Crippen LogP contribution in [0.5, 0.6) is 0 Å². The molecule has 104 valence electrons. The number of benzene rings is 1. The van der Waals surface area contributed by atoms with Gasteiger partial charge in [0.2, 0.25) is 5.91 Å². The summed E-state index contributed by atoms with van der Waals surface area (Å²) in [5, 5.41) is 3.28. The fourth-order valence-electron chi connectivity index (χ4n) is 2.52. The number of piperidine rings is 1. The molecule has 1 amide bonds. The van der Waals surface area contributed by atoms with E-state index in [-0.39, 0.29) is 5.91 Å². The van der Waals surface area contributed by atoms with E-state index in [0.717, 1.165) is 36.8 Å². The standard InChI is InChI=1S/C15H21BrN2O/c1-17-13-8-10-18(11-9-13)15(19)7-6-12-4-2-3-5-14(12)16/h2-5,13,17H,6-11H2,1H3. The summed E-state index contributed by atoms with van der Waals surface area (Å²) in [5.74, 6) is 0.283. The van der Waals surface area contributed by atoms with Crippen LogP contribution in [0.3, 0.4) is 0 Å². The Kier molecular flexibility index (Phi) is 5.40. The molecule has 0 spiro atoms. The van der Waals surface area contributed by atoms with Gasteiger partial charge < -0.3 is 10.2 Å². The van der Waals surface area contributed by atoms with Gasteiger partial charge in [0.1, 0.15) is 0 Å². The topological polar surface area (TPSA) is 32.3 Å². The number of rotatable bonds is 4. The van der Waals surface area contributed by atoms with Crippen LogP contribution in [0.4, 0.5) is 0 Å². The van der Waals surface area contributed by atoms with Crippen LogP contribution in [0.25, 0.3) is 0 Å². The molecule has 1 N–H and O–H groups in total. The Morgan fingerprint density at radius 3 is 2.68 bits per heavy atom. The number of nitrogens with one attached hydrogen (secondary N) is 1. The summed E-state index contributed by atoms with van der Waals surface area (Å²) in [6, 6.07) is 8.69. The van der Waals surface area contributed by atoms with Crippen LogP contribution in [0.2, 0.25) is 0 Å². The molecule has 0 atom stereocenters. The molecule has 1 aromatic carbocycles. The Hall–Kier alpha value is -0.870. The molecule has 1 aliphatic rings. The van der Waals surface area contributed by atoms with E-state index in [1.54, 1.807) is 0 Å². The second-order valence-corrected chi connectivity index (χ2v) is 5.89. The SMILES string of the molecule is CNC1CCN(C(=O)CCc2ccccc2Br)CC1. The van der Waals surface area contributed by atoms with Gasteiger partial charge in [0, 0.05) is 30.0 Å².